The Bertz CT molecular complexity index is 873. The fourth-order valence-electron chi connectivity index (χ4n) is 2.14. The first-order chi connectivity index (χ1) is 12.8. The van der Waals surface area contributed by atoms with Gasteiger partial charge in [0.2, 0.25) is 0 Å². The van der Waals surface area contributed by atoms with Crippen molar-refractivity contribution in [1.82, 2.24) is 9.79 Å². The average molecular weight is 413 g/mol. The topological polar surface area (TPSA) is 75.7 Å². The second-order valence-electron chi connectivity index (χ2n) is 5.54. The second kappa shape index (κ2) is 9.84. The largest absolute Gasteiger partial charge is 0.352 e. The van der Waals surface area contributed by atoms with Crippen molar-refractivity contribution in [1.29, 1.82) is 0 Å². The number of halogens is 1. The van der Waals surface area contributed by atoms with E-state index in [2.05, 4.69) is 5.32 Å². The van der Waals surface area contributed by atoms with Crippen molar-refractivity contribution in [3.05, 3.63) is 59.9 Å². The van der Waals surface area contributed by atoms with Crippen molar-refractivity contribution >= 4 is 27.7 Å². The fourth-order valence-corrected chi connectivity index (χ4v) is 4.01. The average Bonchev–Trinajstić information content (AvgIpc) is 2.68. The van der Waals surface area contributed by atoms with Crippen LogP contribution >= 0.6 is 11.8 Å². The van der Waals surface area contributed by atoms with Gasteiger partial charge in [0, 0.05) is 24.1 Å². The predicted octanol–water partition coefficient (Wildman–Crippen LogP) is 2.92. The van der Waals surface area contributed by atoms with Gasteiger partial charge in [-0.15, -0.1) is 11.8 Å². The van der Waals surface area contributed by atoms with Crippen molar-refractivity contribution < 1.29 is 22.4 Å². The van der Waals surface area contributed by atoms with Gasteiger partial charge in [-0.2, -0.15) is 0 Å². The minimum Gasteiger partial charge on any atom is -0.352 e. The van der Waals surface area contributed by atoms with E-state index in [9.17, 15) is 17.6 Å². The molecule has 0 bridgehead atoms. The number of thioether (sulfide) groups is 1. The maximum absolute atomic E-state index is 12.8. The number of benzene rings is 2. The minimum atomic E-state index is -3.81. The van der Waals surface area contributed by atoms with E-state index in [4.69, 9.17) is 4.84 Å². The third-order valence-electron chi connectivity index (χ3n) is 3.68. The number of nitrogens with one attached hydrogen (secondary N) is 1. The lowest BCUT2D eigenvalue weighted by atomic mass is 10.2. The summed E-state index contributed by atoms with van der Waals surface area (Å²) in [5.41, 5.74) is 0.256. The van der Waals surface area contributed by atoms with Gasteiger partial charge in [-0.25, -0.2) is 12.8 Å². The molecule has 0 unspecified atom stereocenters. The molecule has 0 spiro atoms. The summed E-state index contributed by atoms with van der Waals surface area (Å²) in [4.78, 5) is 17.9. The maximum Gasteiger partial charge on any atom is 0.264 e. The molecule has 2 aromatic carbocycles. The Kier molecular flexibility index (Phi) is 7.78. The summed E-state index contributed by atoms with van der Waals surface area (Å²) in [5.74, 6) is 0.144. The molecule has 27 heavy (non-hydrogen) atoms. The van der Waals surface area contributed by atoms with Crippen molar-refractivity contribution in [2.24, 2.45) is 0 Å². The number of sulfonamides is 1. The van der Waals surface area contributed by atoms with E-state index in [-0.39, 0.29) is 22.2 Å². The molecule has 0 saturated heterocycles. The monoisotopic (exact) mass is 412 g/mol. The Balaban J connectivity index is 1.85. The van der Waals surface area contributed by atoms with E-state index in [1.54, 1.807) is 30.0 Å². The van der Waals surface area contributed by atoms with Crippen LogP contribution in [0.4, 0.5) is 4.39 Å². The van der Waals surface area contributed by atoms with E-state index in [1.165, 1.54) is 44.5 Å². The number of nitrogens with zero attached hydrogens (tertiary/aromatic N) is 1. The molecule has 1 amide bonds. The number of rotatable bonds is 9. The van der Waals surface area contributed by atoms with Gasteiger partial charge >= 0.3 is 0 Å². The summed E-state index contributed by atoms with van der Waals surface area (Å²) in [6.45, 7) is 0.446. The highest BCUT2D eigenvalue weighted by atomic mass is 32.2. The van der Waals surface area contributed by atoms with Gasteiger partial charge in [0.05, 0.1) is 12.0 Å². The highest BCUT2D eigenvalue weighted by molar-refractivity contribution is 7.99. The Morgan fingerprint density at radius 1 is 1.22 bits per heavy atom. The molecule has 0 radical (unpaired) electrons. The normalized spacial score (nSPS) is 11.6. The highest BCUT2D eigenvalue weighted by Gasteiger charge is 2.21. The van der Waals surface area contributed by atoms with Gasteiger partial charge in [0.25, 0.3) is 15.9 Å². The molecule has 6 nitrogen and oxygen atoms in total. The molecular formula is C18H21FN2O4S2. The van der Waals surface area contributed by atoms with Gasteiger partial charge in [-0.05, 0) is 54.6 Å². The van der Waals surface area contributed by atoms with Crippen LogP contribution in [-0.2, 0) is 14.9 Å². The fraction of sp³-hybridized carbons (Fsp3) is 0.278. The lowest BCUT2D eigenvalue weighted by Gasteiger charge is -2.14. The van der Waals surface area contributed by atoms with E-state index in [1.807, 2.05) is 0 Å². The Morgan fingerprint density at radius 2 is 1.93 bits per heavy atom. The van der Waals surface area contributed by atoms with E-state index < -0.39 is 10.0 Å². The first-order valence-electron chi connectivity index (χ1n) is 8.14. The second-order valence-corrected chi connectivity index (χ2v) is 8.64. The molecule has 2 rings (SSSR count). The van der Waals surface area contributed by atoms with Gasteiger partial charge in [-0.3, -0.25) is 9.63 Å². The summed E-state index contributed by atoms with van der Waals surface area (Å²) < 4.78 is 38.0. The van der Waals surface area contributed by atoms with Crippen LogP contribution in [0.5, 0.6) is 0 Å². The van der Waals surface area contributed by atoms with Gasteiger partial charge in [0.15, 0.2) is 0 Å². The summed E-state index contributed by atoms with van der Waals surface area (Å²) in [6.07, 6.45) is 0.720. The summed E-state index contributed by atoms with van der Waals surface area (Å²) in [6, 6.07) is 12.0. The molecule has 0 aromatic heterocycles. The number of carbonyl (C=O) groups is 1. The quantitative estimate of drug-likeness (QED) is 0.389. The molecular weight excluding hydrogens is 391 g/mol. The molecule has 2 aromatic rings. The van der Waals surface area contributed by atoms with Crippen molar-refractivity contribution in [3.63, 3.8) is 0 Å². The van der Waals surface area contributed by atoms with Crippen LogP contribution in [0.25, 0.3) is 0 Å². The standard InChI is InChI=1S/C18H21FN2O4S2/c1-21(25-2)27(23,24)17-6-3-5-14(13-17)18(22)20-11-4-12-26-16-9-7-15(19)8-10-16/h3,5-10,13H,4,11-12H2,1-2H3,(H,20,22). The Labute approximate surface area is 162 Å². The summed E-state index contributed by atoms with van der Waals surface area (Å²) >= 11 is 1.57. The molecule has 0 aliphatic heterocycles. The van der Waals surface area contributed by atoms with Crippen LogP contribution in [0.1, 0.15) is 16.8 Å². The zero-order valence-corrected chi connectivity index (χ0v) is 16.6. The number of hydrogen-bond donors (Lipinski definition) is 1. The molecule has 9 heteroatoms. The van der Waals surface area contributed by atoms with Crippen LogP contribution in [0.3, 0.4) is 0 Å². The van der Waals surface area contributed by atoms with E-state index in [0.717, 1.165) is 21.5 Å². The summed E-state index contributed by atoms with van der Waals surface area (Å²) in [5, 5.41) is 2.76. The molecule has 0 aliphatic rings. The first-order valence-corrected chi connectivity index (χ1v) is 10.6. The summed E-state index contributed by atoms with van der Waals surface area (Å²) in [7, 11) is -1.28. The van der Waals surface area contributed by atoms with Crippen LogP contribution < -0.4 is 5.32 Å². The number of hydrogen-bond acceptors (Lipinski definition) is 5. The minimum absolute atomic E-state index is 0.0219. The predicted molar refractivity (Wildman–Crippen MR) is 102 cm³/mol. The van der Waals surface area contributed by atoms with Crippen LogP contribution in [-0.4, -0.2) is 45.2 Å². The van der Waals surface area contributed by atoms with Crippen LogP contribution in [0.15, 0.2) is 58.3 Å². The third kappa shape index (κ3) is 6.03. The molecule has 0 fully saturated rings. The zero-order chi connectivity index (χ0) is 19.9. The zero-order valence-electron chi connectivity index (χ0n) is 15.0. The van der Waals surface area contributed by atoms with Gasteiger partial charge in [-0.1, -0.05) is 10.5 Å². The molecule has 1 N–H and O–H groups in total. The number of hydroxylamine groups is 1. The molecule has 0 saturated carbocycles. The lowest BCUT2D eigenvalue weighted by Crippen LogP contribution is -2.27. The van der Waals surface area contributed by atoms with Crippen LogP contribution in [0.2, 0.25) is 0 Å². The van der Waals surface area contributed by atoms with Gasteiger partial charge < -0.3 is 5.32 Å². The third-order valence-corrected chi connectivity index (χ3v) is 6.45. The molecule has 146 valence electrons. The Hall–Kier alpha value is -1.94. The molecule has 0 aliphatic carbocycles. The van der Waals surface area contributed by atoms with Crippen molar-refractivity contribution in [2.45, 2.75) is 16.2 Å². The van der Waals surface area contributed by atoms with Crippen molar-refractivity contribution in [2.75, 3.05) is 26.5 Å². The highest BCUT2D eigenvalue weighted by Crippen LogP contribution is 2.19. The van der Waals surface area contributed by atoms with Crippen LogP contribution in [0, 0.1) is 5.82 Å². The maximum atomic E-state index is 12.8. The lowest BCUT2D eigenvalue weighted by molar-refractivity contribution is -0.0258. The smallest absolute Gasteiger partial charge is 0.264 e. The van der Waals surface area contributed by atoms with Gasteiger partial charge in [0.1, 0.15) is 5.82 Å². The Morgan fingerprint density at radius 3 is 2.59 bits per heavy atom. The van der Waals surface area contributed by atoms with Crippen molar-refractivity contribution in [3.8, 4) is 0 Å². The first kappa shape index (κ1) is 21.4. The molecule has 0 heterocycles. The number of carbonyl (C=O) groups excluding carboxylic acids is 1. The SMILES string of the molecule is CON(C)S(=O)(=O)c1cccc(C(=O)NCCCSc2ccc(F)cc2)c1. The van der Waals surface area contributed by atoms with E-state index in [0.29, 0.717) is 6.54 Å². The van der Waals surface area contributed by atoms with E-state index >= 15 is 0 Å². The number of amides is 1. The molecule has 0 atom stereocenters.